The van der Waals surface area contributed by atoms with Gasteiger partial charge in [0.2, 0.25) is 5.03 Å². The number of hydrogen-bond donors (Lipinski definition) is 2. The van der Waals surface area contributed by atoms with Crippen LogP contribution in [-0.4, -0.2) is 47.3 Å². The van der Waals surface area contributed by atoms with Crippen molar-refractivity contribution in [3.63, 3.8) is 0 Å². The molecule has 2 unspecified atom stereocenters. The number of aryl methyl sites for hydroxylation is 2. The summed E-state index contributed by atoms with van der Waals surface area (Å²) in [4.78, 5) is 40.9. The number of hydrazine groups is 1. The zero-order valence-electron chi connectivity index (χ0n) is 34.4. The van der Waals surface area contributed by atoms with Crippen LogP contribution in [0.1, 0.15) is 134 Å². The van der Waals surface area contributed by atoms with Crippen molar-refractivity contribution in [2.24, 2.45) is 11.8 Å². The van der Waals surface area contributed by atoms with Crippen molar-refractivity contribution in [2.45, 2.75) is 115 Å². The molecule has 61 heavy (non-hydrogen) atoms. The molecule has 4 aliphatic carbocycles. The number of fused-ring (bicyclic) bond motifs is 2. The first-order valence-corrected chi connectivity index (χ1v) is 23.2. The molecule has 2 fully saturated rings. The molecule has 15 heteroatoms. The second-order valence-corrected chi connectivity index (χ2v) is 19.3. The van der Waals surface area contributed by atoms with E-state index in [1.807, 2.05) is 0 Å². The van der Waals surface area contributed by atoms with E-state index in [1.54, 1.807) is 55.6 Å². The quantitative estimate of drug-likeness (QED) is 0.109. The molecule has 4 aromatic rings. The third kappa shape index (κ3) is 7.81. The van der Waals surface area contributed by atoms with Gasteiger partial charge in [0.15, 0.2) is 11.7 Å². The molecule has 14 nitrogen and oxygen atoms in total. The Morgan fingerprint density at radius 1 is 0.689 bits per heavy atom. The summed E-state index contributed by atoms with van der Waals surface area (Å²) >= 11 is 0. The van der Waals surface area contributed by atoms with Crippen LogP contribution < -0.4 is 15.6 Å². The number of sulfonamides is 1. The average Bonchev–Trinajstić information content (AvgIpc) is 4.16. The van der Waals surface area contributed by atoms with E-state index in [9.17, 15) is 38.3 Å². The molecule has 3 heterocycles. The van der Waals surface area contributed by atoms with Crippen LogP contribution in [0.15, 0.2) is 78.2 Å². The zero-order chi connectivity index (χ0) is 42.6. The van der Waals surface area contributed by atoms with Crippen LogP contribution in [0.4, 0.5) is 11.4 Å². The summed E-state index contributed by atoms with van der Waals surface area (Å²) in [6.45, 7) is -0.279. The predicted molar refractivity (Wildman–Crippen MR) is 228 cm³/mol. The van der Waals surface area contributed by atoms with Gasteiger partial charge >= 0.3 is 11.3 Å². The van der Waals surface area contributed by atoms with E-state index in [-0.39, 0.29) is 52.5 Å². The van der Waals surface area contributed by atoms with E-state index in [0.29, 0.717) is 64.5 Å². The summed E-state index contributed by atoms with van der Waals surface area (Å²) in [5, 5.41) is 34.8. The molecule has 2 atom stereocenters. The SMILES string of the molecule is CN1C=C(S(=O)(=O)N(c2ccc(C(c3c(O)c4c(oc3=O)CCCCCC4)C3CC3)cc2)c2ccc(C(c3c(O)c4c(oc3=O)CCCCCC4)C3CC3)cc2)N([N+](=O)[O-])C1. The highest BCUT2D eigenvalue weighted by atomic mass is 32.2. The number of aromatic hydroxyl groups is 2. The van der Waals surface area contributed by atoms with Gasteiger partial charge in [-0.2, -0.15) is 8.42 Å². The average molecular weight is 853 g/mol. The minimum atomic E-state index is -4.65. The van der Waals surface area contributed by atoms with Crippen LogP contribution in [-0.2, 0) is 35.7 Å². The maximum atomic E-state index is 14.8. The van der Waals surface area contributed by atoms with E-state index in [2.05, 4.69) is 0 Å². The highest BCUT2D eigenvalue weighted by Crippen LogP contribution is 2.51. The van der Waals surface area contributed by atoms with Crippen molar-refractivity contribution in [2.75, 3.05) is 18.0 Å². The molecule has 2 saturated carbocycles. The van der Waals surface area contributed by atoms with Crippen LogP contribution in [0.5, 0.6) is 11.5 Å². The summed E-state index contributed by atoms with van der Waals surface area (Å²) in [5.74, 6) is 0.291. The van der Waals surface area contributed by atoms with Gasteiger partial charge in [0.1, 0.15) is 23.0 Å². The van der Waals surface area contributed by atoms with Gasteiger partial charge in [0.25, 0.3) is 10.0 Å². The number of nitro groups is 1. The Labute approximate surface area is 354 Å². The molecule has 0 bridgehead atoms. The molecular weight excluding hydrogens is 801 g/mol. The monoisotopic (exact) mass is 852 g/mol. The summed E-state index contributed by atoms with van der Waals surface area (Å²) in [5.41, 5.74) is 2.53. The third-order valence-corrected chi connectivity index (χ3v) is 15.0. The molecule has 0 radical (unpaired) electrons. The van der Waals surface area contributed by atoms with Crippen molar-refractivity contribution in [1.82, 2.24) is 9.91 Å². The van der Waals surface area contributed by atoms with E-state index < -0.39 is 43.2 Å². The lowest BCUT2D eigenvalue weighted by Gasteiger charge is -2.27. The van der Waals surface area contributed by atoms with Gasteiger partial charge in [0, 0.05) is 49.1 Å². The minimum Gasteiger partial charge on any atom is -0.507 e. The van der Waals surface area contributed by atoms with E-state index in [0.717, 1.165) is 81.4 Å². The van der Waals surface area contributed by atoms with Crippen molar-refractivity contribution >= 4 is 21.4 Å². The molecule has 2 aromatic heterocycles. The van der Waals surface area contributed by atoms with Gasteiger partial charge in [-0.15, -0.1) is 0 Å². The summed E-state index contributed by atoms with van der Waals surface area (Å²) < 4.78 is 42.4. The molecule has 322 valence electrons. The first kappa shape index (κ1) is 40.8. The van der Waals surface area contributed by atoms with Crippen LogP contribution in [0.3, 0.4) is 0 Å². The lowest BCUT2D eigenvalue weighted by atomic mass is 9.85. The van der Waals surface area contributed by atoms with Crippen molar-refractivity contribution in [3.05, 3.63) is 136 Å². The standard InChI is InChI=1S/C46H52N4O10S/c1-47-26-38(48(27-47)50(55)56)61(57,58)49(32-22-18-30(19-23-32)39(28-14-15-28)41-43(51)34-10-6-2-4-8-12-36(34)59-45(41)53)33-24-20-31(21-25-33)40(29-16-17-29)42-44(52)35-11-7-3-5-9-13-37(35)60-46(42)54/h18-26,28-29,39-40,51-52H,2-17,27H2,1H3. The molecule has 5 aliphatic rings. The van der Waals surface area contributed by atoms with Crippen molar-refractivity contribution in [1.29, 1.82) is 0 Å². The molecule has 0 spiro atoms. The lowest BCUT2D eigenvalue weighted by Crippen LogP contribution is -2.37. The smallest absolute Gasteiger partial charge is 0.343 e. The Morgan fingerprint density at radius 3 is 1.49 bits per heavy atom. The summed E-state index contributed by atoms with van der Waals surface area (Å²) in [7, 11) is -3.10. The fourth-order valence-electron chi connectivity index (χ4n) is 9.86. The summed E-state index contributed by atoms with van der Waals surface area (Å²) in [6.07, 6.45) is 14.7. The molecule has 1 aliphatic heterocycles. The first-order valence-electron chi connectivity index (χ1n) is 21.8. The van der Waals surface area contributed by atoms with E-state index in [4.69, 9.17) is 8.83 Å². The highest BCUT2D eigenvalue weighted by Gasteiger charge is 2.44. The predicted octanol–water partition coefficient (Wildman–Crippen LogP) is 8.07. The van der Waals surface area contributed by atoms with Gasteiger partial charge in [-0.05, 0) is 111 Å². The van der Waals surface area contributed by atoms with Crippen molar-refractivity contribution < 1.29 is 32.5 Å². The molecular formula is C46H52N4O10S. The Hall–Kier alpha value is -5.57. The molecule has 0 amide bonds. The lowest BCUT2D eigenvalue weighted by molar-refractivity contribution is -0.642. The Balaban J connectivity index is 1.11. The number of hydrogen-bond acceptors (Lipinski definition) is 11. The normalized spacial score (nSPS) is 19.4. The minimum absolute atomic E-state index is 0.00693. The van der Waals surface area contributed by atoms with Gasteiger partial charge in [-0.1, -0.05) is 55.0 Å². The highest BCUT2D eigenvalue weighted by molar-refractivity contribution is 7.96. The fourth-order valence-corrected chi connectivity index (χ4v) is 11.6. The van der Waals surface area contributed by atoms with Gasteiger partial charge in [-0.25, -0.2) is 24.0 Å². The first-order chi connectivity index (χ1) is 29.4. The van der Waals surface area contributed by atoms with Crippen LogP contribution in [0, 0.1) is 22.0 Å². The number of anilines is 2. The Morgan fingerprint density at radius 2 is 1.10 bits per heavy atom. The third-order valence-electron chi connectivity index (χ3n) is 13.2. The van der Waals surface area contributed by atoms with Gasteiger partial charge in [0.05, 0.1) is 22.5 Å². The molecule has 2 N–H and O–H groups in total. The van der Waals surface area contributed by atoms with Gasteiger partial charge < -0.3 is 23.9 Å². The largest absolute Gasteiger partial charge is 0.507 e. The topological polar surface area (TPSA) is 188 Å². The summed E-state index contributed by atoms with van der Waals surface area (Å²) in [6, 6.07) is 13.5. The number of nitrogens with zero attached hydrogens (tertiary/aromatic N) is 4. The Kier molecular flexibility index (Phi) is 11.0. The second kappa shape index (κ2) is 16.4. The van der Waals surface area contributed by atoms with Crippen LogP contribution in [0.25, 0.3) is 0 Å². The second-order valence-electron chi connectivity index (χ2n) is 17.5. The fraction of sp³-hybridized carbons (Fsp3) is 0.478. The van der Waals surface area contributed by atoms with Crippen LogP contribution in [0.2, 0.25) is 0 Å². The number of rotatable bonds is 11. The van der Waals surface area contributed by atoms with Crippen LogP contribution >= 0.6 is 0 Å². The maximum Gasteiger partial charge on any atom is 0.343 e. The molecule has 9 rings (SSSR count). The van der Waals surface area contributed by atoms with Gasteiger partial charge in [-0.3, -0.25) is 0 Å². The molecule has 2 aromatic carbocycles. The Bertz CT molecular complexity index is 2450. The van der Waals surface area contributed by atoms with E-state index in [1.165, 1.54) is 11.1 Å². The molecule has 0 saturated heterocycles. The zero-order valence-corrected chi connectivity index (χ0v) is 35.2. The maximum absolute atomic E-state index is 14.8. The van der Waals surface area contributed by atoms with Crippen molar-refractivity contribution in [3.8, 4) is 11.5 Å². The number of benzene rings is 2. The van der Waals surface area contributed by atoms with E-state index >= 15 is 0 Å².